The lowest BCUT2D eigenvalue weighted by Crippen LogP contribution is -1.95. The number of anilines is 1. The van der Waals surface area contributed by atoms with Crippen LogP contribution in [-0.4, -0.2) is 11.5 Å². The molecule has 0 unspecified atom stereocenters. The predicted octanol–water partition coefficient (Wildman–Crippen LogP) is 1.45. The molecule has 2 N–H and O–H groups in total. The molecule has 0 fully saturated rings. The summed E-state index contributed by atoms with van der Waals surface area (Å²) in [5.74, 6) is 1.09. The van der Waals surface area contributed by atoms with Crippen molar-refractivity contribution < 1.29 is 0 Å². The average molecular weight is 110 g/mol. The minimum absolute atomic E-state index is 0.973. The van der Waals surface area contributed by atoms with Gasteiger partial charge in [0.15, 0.2) is 0 Å². The maximum atomic E-state index is 3.13. The Bertz CT molecular complexity index is 132. The van der Waals surface area contributed by atoms with Crippen molar-refractivity contribution in [3.8, 4) is 0 Å². The van der Waals surface area contributed by atoms with E-state index in [-0.39, 0.29) is 0 Å². The first kappa shape index (κ1) is 5.22. The van der Waals surface area contributed by atoms with Crippen LogP contribution in [0.25, 0.3) is 0 Å². The monoisotopic (exact) mass is 110 g/mol. The van der Waals surface area contributed by atoms with Gasteiger partial charge < -0.3 is 10.3 Å². The van der Waals surface area contributed by atoms with Gasteiger partial charge in [-0.05, 0) is 19.1 Å². The second-order valence-corrected chi connectivity index (χ2v) is 1.61. The molecule has 0 atom stereocenters. The minimum atomic E-state index is 0.973. The fraction of sp³-hybridized carbons (Fsp3) is 0.333. The van der Waals surface area contributed by atoms with E-state index in [2.05, 4.69) is 17.2 Å². The minimum Gasteiger partial charge on any atom is -0.372 e. The van der Waals surface area contributed by atoms with Crippen molar-refractivity contribution >= 4 is 5.82 Å². The highest BCUT2D eigenvalue weighted by Gasteiger charge is 1.82. The number of rotatable bonds is 2. The summed E-state index contributed by atoms with van der Waals surface area (Å²) in [4.78, 5) is 3.03. The molecule has 0 aliphatic carbocycles. The first-order valence-electron chi connectivity index (χ1n) is 2.80. The smallest absolute Gasteiger partial charge is 0.103 e. The molecule has 0 saturated heterocycles. The largest absolute Gasteiger partial charge is 0.372 e. The molecule has 1 heterocycles. The standard InChI is InChI=1S/C6H10N2/c1-2-7-6-4-3-5-8-6/h3-5,7-8H,2H2,1H3. The zero-order chi connectivity index (χ0) is 5.82. The average Bonchev–Trinajstić information content (AvgIpc) is 2.19. The summed E-state index contributed by atoms with van der Waals surface area (Å²) in [5.41, 5.74) is 0. The molecule has 0 aromatic carbocycles. The van der Waals surface area contributed by atoms with Crippen LogP contribution in [0.1, 0.15) is 6.92 Å². The normalized spacial score (nSPS) is 9.12. The van der Waals surface area contributed by atoms with Crippen molar-refractivity contribution in [2.75, 3.05) is 11.9 Å². The van der Waals surface area contributed by atoms with Gasteiger partial charge in [-0.2, -0.15) is 0 Å². The van der Waals surface area contributed by atoms with Crippen LogP contribution in [0.2, 0.25) is 0 Å². The molecule has 2 heteroatoms. The lowest BCUT2D eigenvalue weighted by molar-refractivity contribution is 1.18. The van der Waals surface area contributed by atoms with Crippen LogP contribution in [0, 0.1) is 0 Å². The maximum absolute atomic E-state index is 3.13. The van der Waals surface area contributed by atoms with E-state index in [0.717, 1.165) is 12.4 Å². The van der Waals surface area contributed by atoms with E-state index in [0.29, 0.717) is 0 Å². The third-order valence-electron chi connectivity index (χ3n) is 0.965. The summed E-state index contributed by atoms with van der Waals surface area (Å²) in [6.45, 7) is 3.04. The Morgan fingerprint density at radius 1 is 1.75 bits per heavy atom. The van der Waals surface area contributed by atoms with Crippen LogP contribution in [-0.2, 0) is 0 Å². The van der Waals surface area contributed by atoms with Gasteiger partial charge in [-0.3, -0.25) is 0 Å². The summed E-state index contributed by atoms with van der Waals surface area (Å²) in [6, 6.07) is 3.97. The molecule has 44 valence electrons. The van der Waals surface area contributed by atoms with E-state index < -0.39 is 0 Å². The fourth-order valence-corrected chi connectivity index (χ4v) is 0.631. The van der Waals surface area contributed by atoms with Crippen LogP contribution in [0.3, 0.4) is 0 Å². The van der Waals surface area contributed by atoms with Gasteiger partial charge in [0.25, 0.3) is 0 Å². The molecule has 0 radical (unpaired) electrons. The van der Waals surface area contributed by atoms with Crippen LogP contribution in [0.5, 0.6) is 0 Å². The number of hydrogen-bond donors (Lipinski definition) is 2. The van der Waals surface area contributed by atoms with Gasteiger partial charge in [0.05, 0.1) is 0 Å². The molecule has 2 nitrogen and oxygen atoms in total. The topological polar surface area (TPSA) is 27.8 Å². The molecule has 0 amide bonds. The third-order valence-corrected chi connectivity index (χ3v) is 0.965. The molecule has 1 aromatic heterocycles. The Kier molecular flexibility index (Phi) is 1.57. The lowest BCUT2D eigenvalue weighted by Gasteiger charge is -1.94. The van der Waals surface area contributed by atoms with Crippen LogP contribution in [0.15, 0.2) is 18.3 Å². The third kappa shape index (κ3) is 1.03. The second-order valence-electron chi connectivity index (χ2n) is 1.61. The maximum Gasteiger partial charge on any atom is 0.103 e. The zero-order valence-electron chi connectivity index (χ0n) is 4.94. The van der Waals surface area contributed by atoms with Crippen LogP contribution < -0.4 is 5.32 Å². The van der Waals surface area contributed by atoms with Crippen molar-refractivity contribution in [3.05, 3.63) is 18.3 Å². The Morgan fingerprint density at radius 2 is 2.62 bits per heavy atom. The van der Waals surface area contributed by atoms with E-state index >= 15 is 0 Å². The summed E-state index contributed by atoms with van der Waals surface area (Å²) < 4.78 is 0. The zero-order valence-corrected chi connectivity index (χ0v) is 4.94. The number of H-pyrrole nitrogens is 1. The number of aromatic nitrogens is 1. The Morgan fingerprint density at radius 3 is 3.12 bits per heavy atom. The van der Waals surface area contributed by atoms with Crippen molar-refractivity contribution in [2.45, 2.75) is 6.92 Å². The number of hydrogen-bond acceptors (Lipinski definition) is 1. The molecule has 0 aliphatic heterocycles. The van der Waals surface area contributed by atoms with E-state index in [1.807, 2.05) is 18.3 Å². The highest BCUT2D eigenvalue weighted by molar-refractivity contribution is 5.33. The van der Waals surface area contributed by atoms with E-state index in [4.69, 9.17) is 0 Å². The fourth-order valence-electron chi connectivity index (χ4n) is 0.631. The van der Waals surface area contributed by atoms with Gasteiger partial charge in [0.1, 0.15) is 5.82 Å². The van der Waals surface area contributed by atoms with Gasteiger partial charge in [0, 0.05) is 12.7 Å². The number of aromatic amines is 1. The molecule has 0 saturated carbocycles. The van der Waals surface area contributed by atoms with Gasteiger partial charge in [-0.1, -0.05) is 0 Å². The summed E-state index contributed by atoms with van der Waals surface area (Å²) >= 11 is 0. The summed E-state index contributed by atoms with van der Waals surface area (Å²) in [7, 11) is 0. The van der Waals surface area contributed by atoms with Crippen molar-refractivity contribution in [2.24, 2.45) is 0 Å². The van der Waals surface area contributed by atoms with E-state index in [9.17, 15) is 0 Å². The molecule has 0 bridgehead atoms. The Hall–Kier alpha value is -0.920. The molecule has 0 spiro atoms. The molecule has 1 rings (SSSR count). The van der Waals surface area contributed by atoms with Gasteiger partial charge in [-0.25, -0.2) is 0 Å². The van der Waals surface area contributed by atoms with Crippen LogP contribution in [0.4, 0.5) is 5.82 Å². The van der Waals surface area contributed by atoms with Crippen molar-refractivity contribution in [3.63, 3.8) is 0 Å². The molecule has 0 aliphatic rings. The molecule has 1 aromatic rings. The SMILES string of the molecule is CCNc1ccc[nH]1. The highest BCUT2D eigenvalue weighted by Crippen LogP contribution is 1.98. The second kappa shape index (κ2) is 2.40. The first-order valence-corrected chi connectivity index (χ1v) is 2.80. The van der Waals surface area contributed by atoms with E-state index in [1.165, 1.54) is 0 Å². The lowest BCUT2D eigenvalue weighted by atomic mass is 10.6. The number of nitrogens with one attached hydrogen (secondary N) is 2. The van der Waals surface area contributed by atoms with Crippen LogP contribution >= 0.6 is 0 Å². The van der Waals surface area contributed by atoms with Crippen molar-refractivity contribution in [1.29, 1.82) is 0 Å². The molecular formula is C6H10N2. The quantitative estimate of drug-likeness (QED) is 0.592. The Labute approximate surface area is 48.9 Å². The predicted molar refractivity (Wildman–Crippen MR) is 35.0 cm³/mol. The first-order chi connectivity index (χ1) is 3.93. The molecular weight excluding hydrogens is 100 g/mol. The van der Waals surface area contributed by atoms with Gasteiger partial charge in [0.2, 0.25) is 0 Å². The van der Waals surface area contributed by atoms with E-state index in [1.54, 1.807) is 0 Å². The summed E-state index contributed by atoms with van der Waals surface area (Å²) in [5, 5.41) is 3.13. The van der Waals surface area contributed by atoms with Crippen molar-refractivity contribution in [1.82, 2.24) is 4.98 Å². The van der Waals surface area contributed by atoms with Gasteiger partial charge in [-0.15, -0.1) is 0 Å². The summed E-state index contributed by atoms with van der Waals surface area (Å²) in [6.07, 6.45) is 1.90. The Balaban J connectivity index is 2.50. The molecule has 8 heavy (non-hydrogen) atoms. The van der Waals surface area contributed by atoms with Gasteiger partial charge >= 0.3 is 0 Å². The highest BCUT2D eigenvalue weighted by atomic mass is 15.0.